The normalized spacial score (nSPS) is 19.0. The Kier molecular flexibility index (Phi) is 32.9. The summed E-state index contributed by atoms with van der Waals surface area (Å²) in [5.41, 5.74) is 11.2. The Bertz CT molecular complexity index is 815. The second-order valence-corrected chi connectivity index (χ2v) is 10.8. The molecular weight excluding hydrogens is 658 g/mol. The lowest BCUT2D eigenvalue weighted by atomic mass is 9.80. The molecule has 0 aromatic rings. The molecule has 0 amide bonds. The summed E-state index contributed by atoms with van der Waals surface area (Å²) >= 11 is 0. The van der Waals surface area contributed by atoms with Gasteiger partial charge in [-0.2, -0.15) is 0 Å². The number of nitrogens with two attached hydrogens (primary N) is 2. The lowest BCUT2D eigenvalue weighted by molar-refractivity contribution is -0.534. The third kappa shape index (κ3) is 20.0. The average Bonchev–Trinajstić information content (AvgIpc) is 2.87. The summed E-state index contributed by atoms with van der Waals surface area (Å²) in [6.45, 7) is 0. The SMILES string of the molecule is C.COC(=O)[C@H](O)[C@H](N)CC1CCC1.Cl.Cl.F.FF.N[C@H](CC1CCC1)[C@@H](O)C(=O)O.O=C(O)[C@H](O)[C@@H](CC1CCC1)[N+](=O)[O-]. The lowest BCUT2D eigenvalue weighted by Crippen LogP contribution is -2.43. The van der Waals surface area contributed by atoms with Crippen LogP contribution in [0.25, 0.3) is 0 Å². The highest BCUT2D eigenvalue weighted by molar-refractivity contribution is 5.85. The average molecular weight is 711 g/mol. The smallest absolute Gasteiger partial charge is 0.339 e. The number of carbonyl (C=O) groups excluding carboxylic acids is 1. The van der Waals surface area contributed by atoms with E-state index in [0.717, 1.165) is 38.5 Å². The van der Waals surface area contributed by atoms with Gasteiger partial charge in [-0.3, -0.25) is 14.8 Å². The van der Waals surface area contributed by atoms with Crippen molar-refractivity contribution in [2.75, 3.05) is 7.11 Å². The van der Waals surface area contributed by atoms with Crippen LogP contribution in [-0.4, -0.2) is 91.9 Å². The van der Waals surface area contributed by atoms with E-state index in [1.54, 1.807) is 0 Å². The second-order valence-electron chi connectivity index (χ2n) is 10.8. The van der Waals surface area contributed by atoms with E-state index in [-0.39, 0.29) is 49.3 Å². The Balaban J connectivity index is -0.000000166. The van der Waals surface area contributed by atoms with Crippen LogP contribution < -0.4 is 11.5 Å². The third-order valence-corrected chi connectivity index (χ3v) is 7.86. The molecule has 0 aromatic heterocycles. The standard InChI is InChI=1S/C9H17NO3.C8H13NO5.C8H15NO3.CH4.2ClH.F2.FH/c1-13-9(12)8(11)7(10)5-6-3-2-4-6;10-7(8(11)12)6(9(13)14)4-5-2-1-3-5;9-6(7(10)8(11)12)4-5-2-1-3-5;;;;1-2;/h6-8,11H,2-5,10H2,1H3;5-7,10H,1-4H2,(H,11,12);5-7,10H,1-4,9H2,(H,11,12);1H4;2*1H;;1H/t7-,8-;2*6-,7-;;;;;/m111...../s1. The monoisotopic (exact) mass is 709 g/mol. The molecular formula is C26H52Cl2F3N3O11. The summed E-state index contributed by atoms with van der Waals surface area (Å²) in [6, 6.07) is -2.44. The van der Waals surface area contributed by atoms with Crippen LogP contribution in [-0.2, 0) is 19.1 Å². The topological polar surface area (TPSA) is 257 Å². The molecule has 19 heteroatoms. The number of hydrogen-bond donors (Lipinski definition) is 7. The van der Waals surface area contributed by atoms with E-state index in [4.69, 9.17) is 41.0 Å². The van der Waals surface area contributed by atoms with Crippen molar-refractivity contribution < 1.29 is 63.4 Å². The summed E-state index contributed by atoms with van der Waals surface area (Å²) in [5, 5.41) is 54.9. The third-order valence-electron chi connectivity index (χ3n) is 7.86. The van der Waals surface area contributed by atoms with Crippen LogP contribution in [0, 0.1) is 27.9 Å². The fourth-order valence-corrected chi connectivity index (χ4v) is 4.53. The number of carbonyl (C=O) groups is 3. The number of esters is 1. The number of methoxy groups -OCH3 is 1. The van der Waals surface area contributed by atoms with Crippen LogP contribution in [0.2, 0.25) is 0 Å². The number of aliphatic carboxylic acids is 2. The Morgan fingerprint density at radius 2 is 1.09 bits per heavy atom. The minimum atomic E-state index is -1.88. The molecule has 3 aliphatic carbocycles. The van der Waals surface area contributed by atoms with Crippen LogP contribution in [0.15, 0.2) is 0 Å². The van der Waals surface area contributed by atoms with Crippen LogP contribution >= 0.6 is 24.8 Å². The van der Waals surface area contributed by atoms with E-state index in [1.807, 2.05) is 0 Å². The zero-order valence-electron chi connectivity index (χ0n) is 24.4. The largest absolute Gasteiger partial charge is 0.479 e. The zero-order valence-corrected chi connectivity index (χ0v) is 26.1. The molecule has 0 radical (unpaired) electrons. The van der Waals surface area contributed by atoms with Crippen molar-refractivity contribution in [1.29, 1.82) is 0 Å². The van der Waals surface area contributed by atoms with Crippen LogP contribution in [0.4, 0.5) is 13.9 Å². The van der Waals surface area contributed by atoms with Crippen LogP contribution in [0.3, 0.4) is 0 Å². The van der Waals surface area contributed by atoms with Crippen molar-refractivity contribution in [3.05, 3.63) is 10.1 Å². The highest BCUT2D eigenvalue weighted by atomic mass is 35.5. The van der Waals surface area contributed by atoms with Gasteiger partial charge in [-0.1, -0.05) is 65.2 Å². The Morgan fingerprint density at radius 1 is 0.778 bits per heavy atom. The van der Waals surface area contributed by atoms with Crippen molar-refractivity contribution in [3.63, 3.8) is 0 Å². The molecule has 0 bridgehead atoms. The minimum absolute atomic E-state index is 0. The Morgan fingerprint density at radius 3 is 1.33 bits per heavy atom. The molecule has 9 N–H and O–H groups in total. The fraction of sp³-hybridized carbons (Fsp3) is 0.885. The summed E-state index contributed by atoms with van der Waals surface area (Å²) < 4.78 is 20.4. The van der Waals surface area contributed by atoms with Crippen molar-refractivity contribution in [3.8, 4) is 0 Å². The molecule has 3 rings (SSSR count). The second kappa shape index (κ2) is 28.2. The lowest BCUT2D eigenvalue weighted by Gasteiger charge is -2.29. The van der Waals surface area contributed by atoms with E-state index in [2.05, 4.69) is 4.74 Å². The van der Waals surface area contributed by atoms with Gasteiger partial charge in [0.15, 0.2) is 12.2 Å². The minimum Gasteiger partial charge on any atom is -0.479 e. The summed E-state index contributed by atoms with van der Waals surface area (Å²) in [7, 11) is 1.25. The molecule has 272 valence electrons. The van der Waals surface area contributed by atoms with Crippen LogP contribution in [0.5, 0.6) is 0 Å². The molecule has 0 aliphatic heterocycles. The van der Waals surface area contributed by atoms with Gasteiger partial charge in [-0.15, -0.1) is 24.8 Å². The molecule has 3 fully saturated rings. The maximum atomic E-state index is 10.9. The number of hydrogen-bond acceptors (Lipinski definition) is 11. The molecule has 3 saturated carbocycles. The zero-order chi connectivity index (χ0) is 31.7. The Hall–Kier alpha value is -2.02. The molecule has 14 nitrogen and oxygen atoms in total. The first-order valence-electron chi connectivity index (χ1n) is 13.6. The molecule has 0 saturated heterocycles. The van der Waals surface area contributed by atoms with Gasteiger partial charge in [0, 0.05) is 32.6 Å². The predicted octanol–water partition coefficient (Wildman–Crippen LogP) is 2.73. The number of rotatable bonds is 13. The number of nitro groups is 1. The molecule has 6 atom stereocenters. The highest BCUT2D eigenvalue weighted by Crippen LogP contribution is 2.32. The predicted molar refractivity (Wildman–Crippen MR) is 164 cm³/mol. The molecule has 0 heterocycles. The van der Waals surface area contributed by atoms with Gasteiger partial charge in [0.2, 0.25) is 12.1 Å². The molecule has 0 spiro atoms. The van der Waals surface area contributed by atoms with E-state index < -0.39 is 59.3 Å². The number of aliphatic hydroxyl groups is 3. The van der Waals surface area contributed by atoms with Gasteiger partial charge in [-0.05, 0) is 30.6 Å². The van der Waals surface area contributed by atoms with Gasteiger partial charge in [0.1, 0.15) is 0 Å². The van der Waals surface area contributed by atoms with Gasteiger partial charge in [0.25, 0.3) is 0 Å². The van der Waals surface area contributed by atoms with Crippen molar-refractivity contribution in [1.82, 2.24) is 0 Å². The van der Waals surface area contributed by atoms with Gasteiger partial charge in [0.05, 0.1) is 7.11 Å². The van der Waals surface area contributed by atoms with E-state index in [1.165, 1.54) is 32.8 Å². The number of aliphatic hydroxyl groups excluding tert-OH is 3. The van der Waals surface area contributed by atoms with E-state index >= 15 is 0 Å². The number of carboxylic acid groups (broad SMARTS) is 2. The molecule has 3 aliphatic rings. The number of carboxylic acids is 2. The van der Waals surface area contributed by atoms with Crippen LogP contribution in [0.1, 0.15) is 84.5 Å². The first kappa shape index (κ1) is 52.5. The summed E-state index contributed by atoms with van der Waals surface area (Å²) in [6.07, 6.45) is 6.95. The van der Waals surface area contributed by atoms with Gasteiger partial charge < -0.3 is 41.7 Å². The number of halogens is 5. The van der Waals surface area contributed by atoms with E-state index in [9.17, 15) is 29.6 Å². The summed E-state index contributed by atoms with van der Waals surface area (Å²) in [4.78, 5) is 41.4. The molecule has 45 heavy (non-hydrogen) atoms. The fourth-order valence-electron chi connectivity index (χ4n) is 4.53. The van der Waals surface area contributed by atoms with Gasteiger partial charge in [-0.25, -0.2) is 14.4 Å². The maximum Gasteiger partial charge on any atom is 0.339 e. The first-order valence-corrected chi connectivity index (χ1v) is 13.6. The van der Waals surface area contributed by atoms with Crippen molar-refractivity contribution in [2.45, 2.75) is 121 Å². The maximum absolute atomic E-state index is 10.9. The van der Waals surface area contributed by atoms with Gasteiger partial charge >= 0.3 is 17.9 Å². The van der Waals surface area contributed by atoms with Crippen molar-refractivity contribution >= 4 is 42.7 Å². The molecule has 0 aromatic carbocycles. The molecule has 0 unspecified atom stereocenters. The van der Waals surface area contributed by atoms with E-state index in [0.29, 0.717) is 18.3 Å². The first-order chi connectivity index (χ1) is 19.3. The highest BCUT2D eigenvalue weighted by Gasteiger charge is 2.38. The number of nitrogens with zero attached hydrogens (tertiary/aromatic N) is 1. The number of ether oxygens (including phenoxy) is 1. The van der Waals surface area contributed by atoms with Crippen molar-refractivity contribution in [2.24, 2.45) is 29.2 Å². The summed E-state index contributed by atoms with van der Waals surface area (Å²) in [5.74, 6) is -2.04. The Labute approximate surface area is 273 Å². The quantitative estimate of drug-likeness (QED) is 0.0825.